The first-order chi connectivity index (χ1) is 16.5. The summed E-state index contributed by atoms with van der Waals surface area (Å²) in [6, 6.07) is 14.3. The molecule has 34 heavy (non-hydrogen) atoms. The average Bonchev–Trinajstić information content (AvgIpc) is 3.39. The number of methoxy groups -OCH3 is 3. The van der Waals surface area contributed by atoms with E-state index in [4.69, 9.17) is 18.9 Å². The zero-order valence-electron chi connectivity index (χ0n) is 19.4. The third-order valence-electron chi connectivity index (χ3n) is 5.91. The van der Waals surface area contributed by atoms with Gasteiger partial charge >= 0.3 is 5.97 Å². The van der Waals surface area contributed by atoms with Gasteiger partial charge in [-0.25, -0.2) is 4.79 Å². The number of amides is 1. The van der Waals surface area contributed by atoms with Gasteiger partial charge in [0, 0.05) is 11.4 Å². The summed E-state index contributed by atoms with van der Waals surface area (Å²) in [5.41, 5.74) is 2.53. The smallest absolute Gasteiger partial charge is 0.337 e. The Morgan fingerprint density at radius 1 is 1.03 bits per heavy atom. The molecule has 0 spiro atoms. The molecule has 0 saturated carbocycles. The second-order valence-electron chi connectivity index (χ2n) is 7.84. The van der Waals surface area contributed by atoms with Crippen molar-refractivity contribution in [3.63, 3.8) is 0 Å². The zero-order chi connectivity index (χ0) is 24.1. The van der Waals surface area contributed by atoms with Crippen LogP contribution in [-0.2, 0) is 22.4 Å². The standard InChI is InChI=1S/C26H27NO6S/c1-30-23-13-18-10-11-27(25(28)14-20-5-4-12-34-20)22(21(18)15-24(23)31-2)16-33-19-8-6-17(7-9-19)26(29)32-3/h4-9,12-13,15,22H,10-11,14,16H2,1-3H3/t22-/m0/s1. The first-order valence-electron chi connectivity index (χ1n) is 10.9. The lowest BCUT2D eigenvalue weighted by molar-refractivity contribution is -0.134. The number of thiophene rings is 1. The fraction of sp³-hybridized carbons (Fsp3) is 0.308. The summed E-state index contributed by atoms with van der Waals surface area (Å²) in [6.07, 6.45) is 1.07. The molecule has 0 saturated heterocycles. The van der Waals surface area contributed by atoms with Crippen molar-refractivity contribution in [3.05, 3.63) is 75.5 Å². The van der Waals surface area contributed by atoms with Gasteiger partial charge in [0.15, 0.2) is 11.5 Å². The van der Waals surface area contributed by atoms with Crippen LogP contribution in [-0.4, -0.2) is 51.3 Å². The van der Waals surface area contributed by atoms with Crippen molar-refractivity contribution in [2.24, 2.45) is 0 Å². The Labute approximate surface area is 202 Å². The molecule has 1 amide bonds. The van der Waals surface area contributed by atoms with Gasteiger partial charge in [0.1, 0.15) is 12.4 Å². The lowest BCUT2D eigenvalue weighted by Gasteiger charge is -2.37. The Hall–Kier alpha value is -3.52. The molecule has 1 atom stereocenters. The number of carbonyl (C=O) groups excluding carboxylic acids is 2. The molecular weight excluding hydrogens is 454 g/mol. The van der Waals surface area contributed by atoms with E-state index in [-0.39, 0.29) is 18.6 Å². The Balaban J connectivity index is 1.61. The van der Waals surface area contributed by atoms with Gasteiger partial charge in [-0.15, -0.1) is 11.3 Å². The highest BCUT2D eigenvalue weighted by Gasteiger charge is 2.33. The van der Waals surface area contributed by atoms with Crippen LogP contribution in [0.15, 0.2) is 53.9 Å². The molecular formula is C26H27NO6S. The van der Waals surface area contributed by atoms with Gasteiger partial charge in [0.05, 0.1) is 39.4 Å². The maximum absolute atomic E-state index is 13.3. The molecule has 0 fully saturated rings. The maximum atomic E-state index is 13.3. The number of hydrogen-bond acceptors (Lipinski definition) is 7. The molecule has 0 unspecified atom stereocenters. The van der Waals surface area contributed by atoms with E-state index in [1.807, 2.05) is 34.5 Å². The van der Waals surface area contributed by atoms with E-state index >= 15 is 0 Å². The van der Waals surface area contributed by atoms with E-state index in [1.54, 1.807) is 49.8 Å². The first kappa shape index (κ1) is 23.6. The summed E-state index contributed by atoms with van der Waals surface area (Å²) in [4.78, 5) is 27.9. The van der Waals surface area contributed by atoms with Crippen molar-refractivity contribution in [3.8, 4) is 17.2 Å². The van der Waals surface area contributed by atoms with Crippen LogP contribution in [0.2, 0.25) is 0 Å². The Morgan fingerprint density at radius 3 is 2.41 bits per heavy atom. The summed E-state index contributed by atoms with van der Waals surface area (Å²) in [7, 11) is 4.56. The van der Waals surface area contributed by atoms with Crippen LogP contribution >= 0.6 is 11.3 Å². The normalized spacial score (nSPS) is 14.8. The topological polar surface area (TPSA) is 74.3 Å². The SMILES string of the molecule is COC(=O)c1ccc(OC[C@H]2c3cc(OC)c(OC)cc3CCN2C(=O)Cc2cccs2)cc1. The molecule has 0 bridgehead atoms. The van der Waals surface area contributed by atoms with E-state index in [0.29, 0.717) is 35.8 Å². The Morgan fingerprint density at radius 2 is 1.76 bits per heavy atom. The van der Waals surface area contributed by atoms with Crippen LogP contribution < -0.4 is 14.2 Å². The quantitative estimate of drug-likeness (QED) is 0.447. The minimum absolute atomic E-state index is 0.0533. The monoisotopic (exact) mass is 481 g/mol. The molecule has 8 heteroatoms. The summed E-state index contributed by atoms with van der Waals surface area (Å²) in [6.45, 7) is 0.845. The van der Waals surface area contributed by atoms with Crippen molar-refractivity contribution in [2.75, 3.05) is 34.5 Å². The number of nitrogens with zero attached hydrogens (tertiary/aromatic N) is 1. The summed E-state index contributed by atoms with van der Waals surface area (Å²) >= 11 is 1.58. The maximum Gasteiger partial charge on any atom is 0.337 e. The molecule has 2 heterocycles. The van der Waals surface area contributed by atoms with Crippen LogP contribution in [0, 0.1) is 0 Å². The lowest BCUT2D eigenvalue weighted by atomic mass is 9.91. The number of rotatable bonds is 8. The van der Waals surface area contributed by atoms with Crippen molar-refractivity contribution in [2.45, 2.75) is 18.9 Å². The minimum Gasteiger partial charge on any atom is -0.493 e. The van der Waals surface area contributed by atoms with Crippen LogP contribution in [0.4, 0.5) is 0 Å². The first-order valence-corrected chi connectivity index (χ1v) is 11.8. The van der Waals surface area contributed by atoms with Gasteiger partial charge in [-0.1, -0.05) is 6.07 Å². The highest BCUT2D eigenvalue weighted by Crippen LogP contribution is 2.38. The molecule has 2 aromatic carbocycles. The average molecular weight is 482 g/mol. The van der Waals surface area contributed by atoms with Gasteiger partial charge in [0.2, 0.25) is 5.91 Å². The highest BCUT2D eigenvalue weighted by molar-refractivity contribution is 7.10. The number of fused-ring (bicyclic) bond motifs is 1. The van der Waals surface area contributed by atoms with Crippen molar-refractivity contribution in [1.82, 2.24) is 4.90 Å². The minimum atomic E-state index is -0.404. The van der Waals surface area contributed by atoms with E-state index in [9.17, 15) is 9.59 Å². The van der Waals surface area contributed by atoms with Gasteiger partial charge in [-0.05, 0) is 65.4 Å². The Bertz CT molecular complexity index is 1140. The van der Waals surface area contributed by atoms with Gasteiger partial charge < -0.3 is 23.8 Å². The van der Waals surface area contributed by atoms with Crippen molar-refractivity contribution in [1.29, 1.82) is 0 Å². The molecule has 1 aliphatic rings. The van der Waals surface area contributed by atoms with E-state index in [2.05, 4.69) is 0 Å². The number of hydrogen-bond donors (Lipinski definition) is 0. The molecule has 1 aromatic heterocycles. The molecule has 0 aliphatic carbocycles. The number of benzene rings is 2. The molecule has 4 rings (SSSR count). The summed E-state index contributed by atoms with van der Waals surface area (Å²) in [5, 5.41) is 1.98. The largest absolute Gasteiger partial charge is 0.493 e. The molecule has 3 aromatic rings. The van der Waals surface area contributed by atoms with Gasteiger partial charge in [0.25, 0.3) is 0 Å². The fourth-order valence-corrected chi connectivity index (χ4v) is 4.85. The van der Waals surface area contributed by atoms with Crippen LogP contribution in [0.5, 0.6) is 17.2 Å². The number of esters is 1. The third-order valence-corrected chi connectivity index (χ3v) is 6.79. The summed E-state index contributed by atoms with van der Waals surface area (Å²) < 4.78 is 21.9. The molecule has 0 N–H and O–H groups in total. The predicted molar refractivity (Wildman–Crippen MR) is 129 cm³/mol. The van der Waals surface area contributed by atoms with Crippen molar-refractivity contribution < 1.29 is 28.5 Å². The van der Waals surface area contributed by atoms with E-state index in [0.717, 1.165) is 22.4 Å². The van der Waals surface area contributed by atoms with E-state index < -0.39 is 5.97 Å². The highest BCUT2D eigenvalue weighted by atomic mass is 32.1. The van der Waals surface area contributed by atoms with Gasteiger partial charge in [-0.3, -0.25) is 4.79 Å². The molecule has 0 radical (unpaired) electrons. The molecule has 178 valence electrons. The predicted octanol–water partition coefficient (Wildman–Crippen LogP) is 4.30. The Kier molecular flexibility index (Phi) is 7.37. The second-order valence-corrected chi connectivity index (χ2v) is 8.87. The van der Waals surface area contributed by atoms with E-state index in [1.165, 1.54) is 7.11 Å². The van der Waals surface area contributed by atoms with Crippen LogP contribution in [0.3, 0.4) is 0 Å². The van der Waals surface area contributed by atoms with Crippen LogP contribution in [0.1, 0.15) is 32.4 Å². The second kappa shape index (κ2) is 10.6. The number of carbonyl (C=O) groups is 2. The third kappa shape index (κ3) is 5.02. The van der Waals surface area contributed by atoms with Gasteiger partial charge in [-0.2, -0.15) is 0 Å². The van der Waals surface area contributed by atoms with Crippen LogP contribution in [0.25, 0.3) is 0 Å². The molecule has 7 nitrogen and oxygen atoms in total. The number of ether oxygens (including phenoxy) is 4. The lowest BCUT2D eigenvalue weighted by Crippen LogP contribution is -2.43. The zero-order valence-corrected chi connectivity index (χ0v) is 20.2. The molecule has 1 aliphatic heterocycles. The fourth-order valence-electron chi connectivity index (χ4n) is 4.15. The summed E-state index contributed by atoms with van der Waals surface area (Å²) in [5.74, 6) is 1.53. The van der Waals surface area contributed by atoms with Crippen molar-refractivity contribution >= 4 is 23.2 Å².